The van der Waals surface area contributed by atoms with Gasteiger partial charge < -0.3 is 35.4 Å². The van der Waals surface area contributed by atoms with Crippen molar-refractivity contribution >= 4 is 11.8 Å². The molecule has 5 aliphatic rings. The Morgan fingerprint density at radius 2 is 1.71 bits per heavy atom. The summed E-state index contributed by atoms with van der Waals surface area (Å²) >= 11 is 0. The molecule has 38 heavy (non-hydrogen) atoms. The predicted octanol–water partition coefficient (Wildman–Crippen LogP) is 0.861. The number of fused-ring (bicyclic) bond motifs is 5. The summed E-state index contributed by atoms with van der Waals surface area (Å²) in [5.74, 6) is -3.11. The van der Waals surface area contributed by atoms with E-state index in [2.05, 4.69) is 0 Å². The molecule has 1 heterocycles. The summed E-state index contributed by atoms with van der Waals surface area (Å²) in [5, 5.41) is 67.4. The molecule has 6 N–H and O–H groups in total. The van der Waals surface area contributed by atoms with Crippen LogP contribution in [0.4, 0.5) is 0 Å². The number of aliphatic hydroxyl groups excluding tert-OH is 4. The fraction of sp³-hybridized carbons (Fsp3) is 0.862. The van der Waals surface area contributed by atoms with Crippen LogP contribution in [0.1, 0.15) is 73.1 Å². The van der Waals surface area contributed by atoms with E-state index in [1.807, 2.05) is 13.8 Å². The van der Waals surface area contributed by atoms with Gasteiger partial charge in [0.1, 0.15) is 12.2 Å². The normalized spacial score (nSPS) is 51.7. The number of carbonyl (C=O) groups excluding carboxylic acids is 2. The molecule has 0 radical (unpaired) electrons. The van der Waals surface area contributed by atoms with E-state index in [4.69, 9.17) is 4.74 Å². The third-order valence-corrected chi connectivity index (χ3v) is 11.9. The monoisotopic (exact) mass is 536 g/mol. The van der Waals surface area contributed by atoms with Gasteiger partial charge >= 0.3 is 5.97 Å². The van der Waals surface area contributed by atoms with Crippen LogP contribution in [0.25, 0.3) is 0 Å². The summed E-state index contributed by atoms with van der Waals surface area (Å²) in [6.45, 7) is 8.65. The molecule has 0 aromatic rings. The minimum atomic E-state index is -1.80. The van der Waals surface area contributed by atoms with Crippen molar-refractivity contribution in [1.82, 2.24) is 0 Å². The lowest BCUT2D eigenvalue weighted by molar-refractivity contribution is -0.198. The number of hydrogen-bond donors (Lipinski definition) is 6. The Bertz CT molecular complexity index is 1040. The largest absolute Gasteiger partial charge is 0.462 e. The van der Waals surface area contributed by atoms with Gasteiger partial charge in [0.25, 0.3) is 0 Å². The summed E-state index contributed by atoms with van der Waals surface area (Å²) in [4.78, 5) is 25.4. The molecular formula is C29H44O9. The summed E-state index contributed by atoms with van der Waals surface area (Å²) in [6, 6.07) is 0. The van der Waals surface area contributed by atoms with Crippen LogP contribution in [0.15, 0.2) is 11.6 Å². The van der Waals surface area contributed by atoms with Gasteiger partial charge in [-0.05, 0) is 81.3 Å². The van der Waals surface area contributed by atoms with E-state index in [-0.39, 0.29) is 31.0 Å². The number of ketones is 1. The number of hydrogen-bond acceptors (Lipinski definition) is 9. The average molecular weight is 537 g/mol. The van der Waals surface area contributed by atoms with Gasteiger partial charge in [-0.1, -0.05) is 20.8 Å². The van der Waals surface area contributed by atoms with Crippen LogP contribution in [0, 0.1) is 40.4 Å². The number of ether oxygens (including phenoxy) is 1. The maximum Gasteiger partial charge on any atom is 0.309 e. The van der Waals surface area contributed by atoms with Crippen molar-refractivity contribution in [1.29, 1.82) is 0 Å². The summed E-state index contributed by atoms with van der Waals surface area (Å²) in [6.07, 6.45) is -1.70. The SMILES string of the molecule is C[C@@H]1C(=O)O[C@H](C)C1C(O)[C@@H](O)[C@@](C)(O)[C@H]1CC[C@@]2(O)C3=CC(=O)C4CC(O)C(O)C[C@]4(C)C3CC[C@]12C. The molecule has 0 bridgehead atoms. The van der Waals surface area contributed by atoms with Crippen molar-refractivity contribution in [2.75, 3.05) is 0 Å². The zero-order chi connectivity index (χ0) is 28.2. The average Bonchev–Trinajstić information content (AvgIpc) is 3.26. The molecule has 9 nitrogen and oxygen atoms in total. The van der Waals surface area contributed by atoms with Crippen LogP contribution in [0.2, 0.25) is 0 Å². The van der Waals surface area contributed by atoms with Gasteiger partial charge in [-0.2, -0.15) is 0 Å². The summed E-state index contributed by atoms with van der Waals surface area (Å²) in [7, 11) is 0. The van der Waals surface area contributed by atoms with Gasteiger partial charge in [0, 0.05) is 17.3 Å². The van der Waals surface area contributed by atoms with Crippen LogP contribution in [-0.2, 0) is 14.3 Å². The molecule has 0 amide bonds. The first-order valence-electron chi connectivity index (χ1n) is 14.1. The molecule has 214 valence electrons. The van der Waals surface area contributed by atoms with E-state index in [9.17, 15) is 40.2 Å². The van der Waals surface area contributed by atoms with Crippen LogP contribution in [0.3, 0.4) is 0 Å². The second-order valence-electron chi connectivity index (χ2n) is 13.8. The Morgan fingerprint density at radius 3 is 2.32 bits per heavy atom. The molecule has 4 aliphatic carbocycles. The highest BCUT2D eigenvalue weighted by molar-refractivity contribution is 5.95. The van der Waals surface area contributed by atoms with Crippen LogP contribution in [0.5, 0.6) is 0 Å². The molecule has 0 aromatic heterocycles. The van der Waals surface area contributed by atoms with Crippen LogP contribution < -0.4 is 0 Å². The minimum Gasteiger partial charge on any atom is -0.462 e. The van der Waals surface area contributed by atoms with Crippen molar-refractivity contribution in [2.45, 2.75) is 115 Å². The van der Waals surface area contributed by atoms with E-state index < -0.39 is 82.2 Å². The van der Waals surface area contributed by atoms with Gasteiger partial charge in [0.2, 0.25) is 0 Å². The summed E-state index contributed by atoms with van der Waals surface area (Å²) in [5.41, 5.74) is -4.08. The minimum absolute atomic E-state index is 0.151. The highest BCUT2D eigenvalue weighted by atomic mass is 16.6. The standard InChI is InChI=1S/C29H44O9/c1-13-22(14(2)38-25(13)35)23(33)24(34)28(5,36)21-7-9-29(37)16-10-18(30)17-11-19(31)20(32)12-26(17,3)15(16)6-8-27(21,29)4/h10,13-15,17,19-24,31-34,36-37H,6-9,11-12H2,1-5H3/t13-,14+,15?,17?,19?,20?,21-,22?,23?,24+,26+,27+,28-,29+/m0/s1. The highest BCUT2D eigenvalue weighted by Gasteiger charge is 2.69. The lowest BCUT2D eigenvalue weighted by atomic mass is 9.45. The Morgan fingerprint density at radius 1 is 1.05 bits per heavy atom. The smallest absolute Gasteiger partial charge is 0.309 e. The maximum absolute atomic E-state index is 13.3. The van der Waals surface area contributed by atoms with Crippen molar-refractivity contribution < 1.29 is 45.0 Å². The van der Waals surface area contributed by atoms with Crippen molar-refractivity contribution in [3.8, 4) is 0 Å². The second-order valence-corrected chi connectivity index (χ2v) is 13.8. The predicted molar refractivity (Wildman–Crippen MR) is 135 cm³/mol. The lowest BCUT2D eigenvalue weighted by Gasteiger charge is -2.60. The lowest BCUT2D eigenvalue weighted by Crippen LogP contribution is -2.64. The number of allylic oxidation sites excluding steroid dienone is 1. The van der Waals surface area contributed by atoms with Crippen LogP contribution in [-0.4, -0.2) is 84.1 Å². The number of carbonyl (C=O) groups is 2. The van der Waals surface area contributed by atoms with Gasteiger partial charge in [-0.15, -0.1) is 0 Å². The fourth-order valence-corrected chi connectivity index (χ4v) is 9.58. The number of esters is 1. The maximum atomic E-state index is 13.3. The van der Waals surface area contributed by atoms with Crippen molar-refractivity contribution in [2.24, 2.45) is 40.4 Å². The Labute approximate surface area is 223 Å². The molecule has 6 unspecified atom stereocenters. The molecule has 0 spiro atoms. The first-order valence-corrected chi connectivity index (χ1v) is 14.1. The summed E-state index contributed by atoms with van der Waals surface area (Å²) < 4.78 is 5.25. The first-order chi connectivity index (χ1) is 17.5. The van der Waals surface area contributed by atoms with Crippen LogP contribution >= 0.6 is 0 Å². The highest BCUT2D eigenvalue weighted by Crippen LogP contribution is 2.68. The van der Waals surface area contributed by atoms with E-state index in [1.165, 1.54) is 6.92 Å². The zero-order valence-corrected chi connectivity index (χ0v) is 23.0. The Kier molecular flexibility index (Phi) is 6.54. The Balaban J connectivity index is 1.46. The molecule has 1 aliphatic heterocycles. The number of rotatable bonds is 4. The van der Waals surface area contributed by atoms with Crippen molar-refractivity contribution in [3.05, 3.63) is 11.6 Å². The molecule has 1 saturated heterocycles. The molecule has 9 heteroatoms. The number of aliphatic hydroxyl groups is 6. The molecule has 0 aromatic carbocycles. The fourth-order valence-electron chi connectivity index (χ4n) is 9.58. The quantitative estimate of drug-likeness (QED) is 0.286. The van der Waals surface area contributed by atoms with Gasteiger partial charge in [0.15, 0.2) is 5.78 Å². The van der Waals surface area contributed by atoms with Crippen molar-refractivity contribution in [3.63, 3.8) is 0 Å². The topological polar surface area (TPSA) is 165 Å². The zero-order valence-electron chi connectivity index (χ0n) is 23.0. The third-order valence-electron chi connectivity index (χ3n) is 11.9. The van der Waals surface area contributed by atoms with E-state index in [1.54, 1.807) is 19.9 Å². The van der Waals surface area contributed by atoms with E-state index in [0.29, 0.717) is 24.8 Å². The molecule has 3 saturated carbocycles. The number of cyclic esters (lactones) is 1. The first kappa shape index (κ1) is 28.2. The van der Waals surface area contributed by atoms with Gasteiger partial charge in [0.05, 0.1) is 35.4 Å². The van der Waals surface area contributed by atoms with Gasteiger partial charge in [-0.25, -0.2) is 0 Å². The molecule has 14 atom stereocenters. The molecule has 5 rings (SSSR count). The van der Waals surface area contributed by atoms with E-state index >= 15 is 0 Å². The second kappa shape index (κ2) is 8.82. The Hall–Kier alpha value is -1.36. The molecular weight excluding hydrogens is 492 g/mol. The van der Waals surface area contributed by atoms with Gasteiger partial charge in [-0.3, -0.25) is 9.59 Å². The molecule has 4 fully saturated rings. The third kappa shape index (κ3) is 3.58. The van der Waals surface area contributed by atoms with E-state index in [0.717, 1.165) is 0 Å².